The number of sulfonamides is 1. The van der Waals surface area contributed by atoms with Gasteiger partial charge < -0.3 is 10.2 Å². The molecule has 7 nitrogen and oxygen atoms in total. The van der Waals surface area contributed by atoms with Crippen molar-refractivity contribution in [3.63, 3.8) is 0 Å². The monoisotopic (exact) mass is 597 g/mol. The highest BCUT2D eigenvalue weighted by Gasteiger charge is 2.33. The topological polar surface area (TPSA) is 86.8 Å². The number of anilines is 1. The third-order valence-electron chi connectivity index (χ3n) is 6.79. The molecule has 1 saturated carbocycles. The molecule has 0 heterocycles. The predicted molar refractivity (Wildman–Crippen MR) is 152 cm³/mol. The molecule has 0 aliphatic heterocycles. The minimum Gasteiger partial charge on any atom is -0.352 e. The van der Waals surface area contributed by atoms with Crippen LogP contribution in [-0.2, 0) is 26.2 Å². The minimum absolute atomic E-state index is 0.0862. The fourth-order valence-corrected chi connectivity index (χ4v) is 6.30. The molecule has 3 aromatic carbocycles. The van der Waals surface area contributed by atoms with Crippen molar-refractivity contribution in [2.24, 2.45) is 0 Å². The van der Waals surface area contributed by atoms with E-state index in [-0.39, 0.29) is 23.4 Å². The Kier molecular flexibility index (Phi) is 9.22. The van der Waals surface area contributed by atoms with E-state index in [0.717, 1.165) is 40.0 Å². The van der Waals surface area contributed by atoms with Crippen LogP contribution in [0.1, 0.15) is 38.2 Å². The summed E-state index contributed by atoms with van der Waals surface area (Å²) < 4.78 is 29.4. The zero-order chi connectivity index (χ0) is 27.1. The first kappa shape index (κ1) is 27.9. The van der Waals surface area contributed by atoms with Gasteiger partial charge in [-0.1, -0.05) is 77.3 Å². The first-order valence-electron chi connectivity index (χ1n) is 12.7. The molecule has 2 amide bonds. The quantitative estimate of drug-likeness (QED) is 0.351. The highest BCUT2D eigenvalue weighted by molar-refractivity contribution is 9.10. The molecule has 4 rings (SSSR count). The van der Waals surface area contributed by atoms with Gasteiger partial charge >= 0.3 is 0 Å². The van der Waals surface area contributed by atoms with Crippen LogP contribution >= 0.6 is 15.9 Å². The third kappa shape index (κ3) is 6.82. The number of carbonyl (C=O) groups excluding carboxylic acids is 2. The highest BCUT2D eigenvalue weighted by Crippen LogP contribution is 2.25. The van der Waals surface area contributed by atoms with E-state index < -0.39 is 28.5 Å². The summed E-state index contributed by atoms with van der Waals surface area (Å²) in [5.41, 5.74) is 1.20. The van der Waals surface area contributed by atoms with Gasteiger partial charge in [0.1, 0.15) is 12.6 Å². The molecule has 0 unspecified atom stereocenters. The zero-order valence-corrected chi connectivity index (χ0v) is 23.7. The van der Waals surface area contributed by atoms with E-state index in [1.54, 1.807) is 55.5 Å². The lowest BCUT2D eigenvalue weighted by molar-refractivity contribution is -0.139. The van der Waals surface area contributed by atoms with Crippen LogP contribution in [0.25, 0.3) is 0 Å². The van der Waals surface area contributed by atoms with Gasteiger partial charge in [0.15, 0.2) is 0 Å². The molecule has 1 atom stereocenters. The molecular formula is C29H32BrN3O4S. The van der Waals surface area contributed by atoms with E-state index in [1.165, 1.54) is 17.0 Å². The molecule has 200 valence electrons. The summed E-state index contributed by atoms with van der Waals surface area (Å²) in [4.78, 5) is 28.7. The molecule has 0 spiro atoms. The van der Waals surface area contributed by atoms with Crippen molar-refractivity contribution < 1.29 is 18.0 Å². The predicted octanol–water partition coefficient (Wildman–Crippen LogP) is 5.12. The van der Waals surface area contributed by atoms with Crippen LogP contribution in [0.2, 0.25) is 0 Å². The van der Waals surface area contributed by atoms with Crippen molar-refractivity contribution in [3.05, 3.63) is 95.0 Å². The first-order chi connectivity index (χ1) is 18.3. The number of amides is 2. The lowest BCUT2D eigenvalue weighted by Gasteiger charge is -2.32. The van der Waals surface area contributed by atoms with Crippen molar-refractivity contribution in [2.45, 2.75) is 56.1 Å². The lowest BCUT2D eigenvalue weighted by atomic mass is 10.1. The summed E-state index contributed by atoms with van der Waals surface area (Å²) in [6.45, 7) is 1.41. The summed E-state index contributed by atoms with van der Waals surface area (Å²) in [6.07, 6.45) is 4.00. The van der Waals surface area contributed by atoms with Gasteiger partial charge in [0.25, 0.3) is 10.0 Å². The van der Waals surface area contributed by atoms with Gasteiger partial charge in [0, 0.05) is 17.1 Å². The summed E-state index contributed by atoms with van der Waals surface area (Å²) in [6, 6.07) is 23.4. The number of rotatable bonds is 10. The van der Waals surface area contributed by atoms with Gasteiger partial charge in [-0.15, -0.1) is 0 Å². The highest BCUT2D eigenvalue weighted by atomic mass is 79.9. The Morgan fingerprint density at radius 2 is 1.50 bits per heavy atom. The number of nitrogens with zero attached hydrogens (tertiary/aromatic N) is 2. The Labute approximate surface area is 233 Å². The minimum atomic E-state index is -4.05. The van der Waals surface area contributed by atoms with E-state index in [0.29, 0.717) is 5.69 Å². The van der Waals surface area contributed by atoms with Gasteiger partial charge in [0.2, 0.25) is 11.8 Å². The van der Waals surface area contributed by atoms with Crippen LogP contribution in [-0.4, -0.2) is 43.8 Å². The molecule has 9 heteroatoms. The van der Waals surface area contributed by atoms with Crippen molar-refractivity contribution in [1.82, 2.24) is 10.2 Å². The maximum atomic E-state index is 13.9. The fourth-order valence-electron chi connectivity index (χ4n) is 4.60. The van der Waals surface area contributed by atoms with Crippen LogP contribution in [0.5, 0.6) is 0 Å². The van der Waals surface area contributed by atoms with Crippen molar-refractivity contribution >= 4 is 43.5 Å². The largest absolute Gasteiger partial charge is 0.352 e. The van der Waals surface area contributed by atoms with Gasteiger partial charge in [-0.05, 0) is 61.7 Å². The number of hydrogen-bond acceptors (Lipinski definition) is 4. The van der Waals surface area contributed by atoms with Gasteiger partial charge in [-0.3, -0.25) is 13.9 Å². The first-order valence-corrected chi connectivity index (χ1v) is 15.0. The van der Waals surface area contributed by atoms with Crippen LogP contribution in [0, 0.1) is 0 Å². The molecule has 0 aromatic heterocycles. The standard InChI is InChI=1S/C29H32BrN3O4S/c1-22(29(35)31-25-10-8-9-11-25)32(20-23-16-18-24(30)19-17-23)28(34)21-33(26-12-4-2-5-13-26)38(36,37)27-14-6-3-7-15-27/h2-7,12-19,22,25H,8-11,20-21H2,1H3,(H,31,35)/t22-/m0/s1. The van der Waals surface area contributed by atoms with E-state index in [2.05, 4.69) is 21.2 Å². The van der Waals surface area contributed by atoms with Gasteiger partial charge in [0.05, 0.1) is 10.6 Å². The molecule has 1 fully saturated rings. The molecule has 0 bridgehead atoms. The number of benzene rings is 3. The van der Waals surface area contributed by atoms with Gasteiger partial charge in [-0.2, -0.15) is 0 Å². The molecule has 3 aromatic rings. The normalized spacial score (nSPS) is 14.6. The Morgan fingerprint density at radius 3 is 2.11 bits per heavy atom. The smallest absolute Gasteiger partial charge is 0.264 e. The second-order valence-electron chi connectivity index (χ2n) is 9.47. The number of hydrogen-bond donors (Lipinski definition) is 1. The Hall–Kier alpha value is -3.17. The van der Waals surface area contributed by atoms with Crippen molar-refractivity contribution in [2.75, 3.05) is 10.8 Å². The maximum absolute atomic E-state index is 13.9. The Balaban J connectivity index is 1.65. The van der Waals surface area contributed by atoms with Crippen LogP contribution in [0.15, 0.2) is 94.3 Å². The Morgan fingerprint density at radius 1 is 0.921 bits per heavy atom. The SMILES string of the molecule is C[C@@H](C(=O)NC1CCCC1)N(Cc1ccc(Br)cc1)C(=O)CN(c1ccccc1)S(=O)(=O)c1ccccc1. The molecule has 38 heavy (non-hydrogen) atoms. The average Bonchev–Trinajstić information content (AvgIpc) is 3.45. The summed E-state index contributed by atoms with van der Waals surface area (Å²) >= 11 is 3.43. The average molecular weight is 599 g/mol. The molecule has 1 aliphatic carbocycles. The van der Waals surface area contributed by atoms with E-state index in [1.807, 2.05) is 24.3 Å². The van der Waals surface area contributed by atoms with Crippen LogP contribution < -0.4 is 9.62 Å². The Bertz CT molecular complexity index is 1330. The molecule has 1 N–H and O–H groups in total. The lowest BCUT2D eigenvalue weighted by Crippen LogP contribution is -2.52. The number of halogens is 1. The van der Waals surface area contributed by atoms with E-state index in [9.17, 15) is 18.0 Å². The second kappa shape index (κ2) is 12.6. The summed E-state index contributed by atoms with van der Waals surface area (Å²) in [5.74, 6) is -0.704. The molecule has 0 saturated heterocycles. The second-order valence-corrected chi connectivity index (χ2v) is 12.3. The summed E-state index contributed by atoms with van der Waals surface area (Å²) in [5, 5.41) is 3.08. The van der Waals surface area contributed by atoms with Crippen LogP contribution in [0.4, 0.5) is 5.69 Å². The number of para-hydroxylation sites is 1. The molecule has 0 radical (unpaired) electrons. The van der Waals surface area contributed by atoms with Crippen molar-refractivity contribution in [1.29, 1.82) is 0 Å². The third-order valence-corrected chi connectivity index (χ3v) is 9.11. The maximum Gasteiger partial charge on any atom is 0.264 e. The van der Waals surface area contributed by atoms with Crippen molar-refractivity contribution in [3.8, 4) is 0 Å². The number of nitrogens with one attached hydrogen (secondary N) is 1. The van der Waals surface area contributed by atoms with Gasteiger partial charge in [-0.25, -0.2) is 8.42 Å². The molecular weight excluding hydrogens is 566 g/mol. The number of carbonyl (C=O) groups is 2. The summed E-state index contributed by atoms with van der Waals surface area (Å²) in [7, 11) is -4.05. The van der Waals surface area contributed by atoms with E-state index in [4.69, 9.17) is 0 Å². The fraction of sp³-hybridized carbons (Fsp3) is 0.310. The van der Waals surface area contributed by atoms with E-state index >= 15 is 0 Å². The molecule has 1 aliphatic rings. The zero-order valence-electron chi connectivity index (χ0n) is 21.3. The van der Waals surface area contributed by atoms with Crippen LogP contribution in [0.3, 0.4) is 0 Å².